The molecular formula is C16H14N4O2. The van der Waals surface area contributed by atoms with Crippen LogP contribution in [0.3, 0.4) is 0 Å². The Kier molecular flexibility index (Phi) is 5.21. The van der Waals surface area contributed by atoms with E-state index in [1.165, 1.54) is 0 Å². The molecule has 2 amide bonds. The van der Waals surface area contributed by atoms with Gasteiger partial charge in [0, 0.05) is 30.2 Å². The first-order valence-corrected chi connectivity index (χ1v) is 6.63. The minimum atomic E-state index is -0.378. The number of nitriles is 1. The van der Waals surface area contributed by atoms with Gasteiger partial charge in [-0.2, -0.15) is 5.26 Å². The second-order valence-corrected chi connectivity index (χ2v) is 4.50. The van der Waals surface area contributed by atoms with Gasteiger partial charge in [-0.05, 0) is 35.9 Å². The van der Waals surface area contributed by atoms with Crippen molar-refractivity contribution < 1.29 is 9.59 Å². The molecule has 0 unspecified atom stereocenters. The van der Waals surface area contributed by atoms with Crippen molar-refractivity contribution in [3.63, 3.8) is 0 Å². The Balaban J connectivity index is 1.91. The van der Waals surface area contributed by atoms with E-state index in [-0.39, 0.29) is 18.2 Å². The van der Waals surface area contributed by atoms with Crippen molar-refractivity contribution in [1.82, 2.24) is 10.3 Å². The number of pyridine rings is 1. The van der Waals surface area contributed by atoms with Gasteiger partial charge in [0.1, 0.15) is 6.42 Å². The maximum atomic E-state index is 12.0. The smallest absolute Gasteiger partial charge is 0.251 e. The first kappa shape index (κ1) is 15.2. The highest BCUT2D eigenvalue weighted by Gasteiger charge is 2.06. The number of anilines is 1. The van der Waals surface area contributed by atoms with Crippen molar-refractivity contribution in [2.75, 3.05) is 5.32 Å². The van der Waals surface area contributed by atoms with E-state index in [9.17, 15) is 9.59 Å². The van der Waals surface area contributed by atoms with E-state index in [1.807, 2.05) is 6.07 Å². The van der Waals surface area contributed by atoms with Crippen LogP contribution in [-0.2, 0) is 11.3 Å². The number of carbonyl (C=O) groups is 2. The maximum absolute atomic E-state index is 12.0. The number of hydrogen-bond donors (Lipinski definition) is 2. The third kappa shape index (κ3) is 4.42. The van der Waals surface area contributed by atoms with E-state index < -0.39 is 0 Å². The lowest BCUT2D eigenvalue weighted by molar-refractivity contribution is -0.115. The summed E-state index contributed by atoms with van der Waals surface area (Å²) in [6.45, 7) is 0.396. The standard InChI is InChI=1S/C16H14N4O2/c17-8-7-15(21)20-14-5-3-13(4-6-14)16(22)19-11-12-2-1-9-18-10-12/h1-6,9-10H,7,11H2,(H,19,22)(H,20,21). The molecule has 0 radical (unpaired) electrons. The van der Waals surface area contributed by atoms with Gasteiger partial charge >= 0.3 is 0 Å². The van der Waals surface area contributed by atoms with Gasteiger partial charge in [-0.15, -0.1) is 0 Å². The second-order valence-electron chi connectivity index (χ2n) is 4.50. The van der Waals surface area contributed by atoms with E-state index in [0.29, 0.717) is 17.8 Å². The second kappa shape index (κ2) is 7.55. The van der Waals surface area contributed by atoms with E-state index >= 15 is 0 Å². The van der Waals surface area contributed by atoms with Gasteiger partial charge in [-0.25, -0.2) is 0 Å². The van der Waals surface area contributed by atoms with Gasteiger partial charge in [0.05, 0.1) is 6.07 Å². The van der Waals surface area contributed by atoms with E-state index in [4.69, 9.17) is 5.26 Å². The zero-order valence-electron chi connectivity index (χ0n) is 11.7. The van der Waals surface area contributed by atoms with Crippen LogP contribution in [0, 0.1) is 11.3 Å². The van der Waals surface area contributed by atoms with Gasteiger partial charge in [0.15, 0.2) is 0 Å². The molecule has 1 heterocycles. The predicted molar refractivity (Wildman–Crippen MR) is 80.7 cm³/mol. The fraction of sp³-hybridized carbons (Fsp3) is 0.125. The molecule has 6 nitrogen and oxygen atoms in total. The topological polar surface area (TPSA) is 94.9 Å². The minimum Gasteiger partial charge on any atom is -0.348 e. The first-order valence-electron chi connectivity index (χ1n) is 6.63. The molecule has 0 atom stereocenters. The summed E-state index contributed by atoms with van der Waals surface area (Å²) in [4.78, 5) is 27.2. The Bertz CT molecular complexity index is 690. The molecule has 0 saturated heterocycles. The predicted octanol–water partition coefficient (Wildman–Crippen LogP) is 1.86. The number of benzene rings is 1. The molecule has 6 heteroatoms. The van der Waals surface area contributed by atoms with Crippen LogP contribution in [0.4, 0.5) is 5.69 Å². The van der Waals surface area contributed by atoms with Crippen LogP contribution in [0.25, 0.3) is 0 Å². The molecule has 2 rings (SSSR count). The maximum Gasteiger partial charge on any atom is 0.251 e. The summed E-state index contributed by atoms with van der Waals surface area (Å²) in [6.07, 6.45) is 3.16. The van der Waals surface area contributed by atoms with Crippen molar-refractivity contribution in [3.8, 4) is 6.07 Å². The van der Waals surface area contributed by atoms with Crippen LogP contribution < -0.4 is 10.6 Å². The van der Waals surface area contributed by atoms with Crippen LogP contribution in [0.1, 0.15) is 22.3 Å². The average molecular weight is 294 g/mol. The molecule has 0 aliphatic heterocycles. The molecule has 110 valence electrons. The monoisotopic (exact) mass is 294 g/mol. The number of aromatic nitrogens is 1. The van der Waals surface area contributed by atoms with Crippen LogP contribution in [0.5, 0.6) is 0 Å². The Hall–Kier alpha value is -3.20. The Morgan fingerprint density at radius 2 is 1.95 bits per heavy atom. The average Bonchev–Trinajstić information content (AvgIpc) is 2.54. The zero-order valence-corrected chi connectivity index (χ0v) is 11.7. The number of hydrogen-bond acceptors (Lipinski definition) is 4. The Morgan fingerprint density at radius 3 is 2.59 bits per heavy atom. The summed E-state index contributed by atoms with van der Waals surface area (Å²) in [5.74, 6) is -0.588. The van der Waals surface area contributed by atoms with E-state index in [0.717, 1.165) is 5.56 Å². The summed E-state index contributed by atoms with van der Waals surface area (Å²) in [6, 6.07) is 11.9. The molecule has 1 aromatic heterocycles. The molecule has 22 heavy (non-hydrogen) atoms. The van der Waals surface area contributed by atoms with Crippen LogP contribution in [0.2, 0.25) is 0 Å². The summed E-state index contributed by atoms with van der Waals surface area (Å²) in [5.41, 5.74) is 1.95. The fourth-order valence-electron chi connectivity index (χ4n) is 1.77. The third-order valence-electron chi connectivity index (χ3n) is 2.85. The van der Waals surface area contributed by atoms with Crippen molar-refractivity contribution in [1.29, 1.82) is 5.26 Å². The highest BCUT2D eigenvalue weighted by Crippen LogP contribution is 2.10. The summed E-state index contributed by atoms with van der Waals surface area (Å²) in [7, 11) is 0. The van der Waals surface area contributed by atoms with Crippen molar-refractivity contribution >= 4 is 17.5 Å². The van der Waals surface area contributed by atoms with Crippen LogP contribution in [-0.4, -0.2) is 16.8 Å². The molecule has 1 aromatic carbocycles. The molecular weight excluding hydrogens is 280 g/mol. The molecule has 2 aromatic rings. The normalized spacial score (nSPS) is 9.59. The SMILES string of the molecule is N#CCC(=O)Nc1ccc(C(=O)NCc2cccnc2)cc1. The van der Waals surface area contributed by atoms with Gasteiger partial charge in [-0.3, -0.25) is 14.6 Å². The van der Waals surface area contributed by atoms with Gasteiger partial charge in [0.25, 0.3) is 5.91 Å². The molecule has 0 aliphatic rings. The quantitative estimate of drug-likeness (QED) is 0.880. The van der Waals surface area contributed by atoms with Crippen LogP contribution in [0.15, 0.2) is 48.8 Å². The largest absolute Gasteiger partial charge is 0.348 e. The highest BCUT2D eigenvalue weighted by atomic mass is 16.2. The molecule has 0 bridgehead atoms. The van der Waals surface area contributed by atoms with Gasteiger partial charge < -0.3 is 10.6 Å². The lowest BCUT2D eigenvalue weighted by Crippen LogP contribution is -2.22. The highest BCUT2D eigenvalue weighted by molar-refractivity contribution is 5.96. The number of nitrogens with one attached hydrogen (secondary N) is 2. The number of nitrogens with zero attached hydrogens (tertiary/aromatic N) is 2. The summed E-state index contributed by atoms with van der Waals surface area (Å²) in [5, 5.41) is 13.8. The molecule has 0 aliphatic carbocycles. The van der Waals surface area contributed by atoms with Gasteiger partial charge in [-0.1, -0.05) is 6.07 Å². The van der Waals surface area contributed by atoms with Gasteiger partial charge in [0.2, 0.25) is 5.91 Å². The fourth-order valence-corrected chi connectivity index (χ4v) is 1.77. The van der Waals surface area contributed by atoms with E-state index in [1.54, 1.807) is 48.8 Å². The molecule has 0 saturated carbocycles. The molecule has 0 spiro atoms. The van der Waals surface area contributed by atoms with E-state index in [2.05, 4.69) is 15.6 Å². The Morgan fingerprint density at radius 1 is 1.18 bits per heavy atom. The summed E-state index contributed by atoms with van der Waals surface area (Å²) >= 11 is 0. The molecule has 2 N–H and O–H groups in total. The summed E-state index contributed by atoms with van der Waals surface area (Å²) < 4.78 is 0. The lowest BCUT2D eigenvalue weighted by Gasteiger charge is -2.07. The number of carbonyl (C=O) groups excluding carboxylic acids is 2. The van der Waals surface area contributed by atoms with Crippen molar-refractivity contribution in [3.05, 3.63) is 59.9 Å². The minimum absolute atomic E-state index is 0.201. The van der Waals surface area contributed by atoms with Crippen molar-refractivity contribution in [2.24, 2.45) is 0 Å². The first-order chi connectivity index (χ1) is 10.7. The zero-order chi connectivity index (χ0) is 15.8. The third-order valence-corrected chi connectivity index (χ3v) is 2.85. The lowest BCUT2D eigenvalue weighted by atomic mass is 10.2. The van der Waals surface area contributed by atoms with Crippen LogP contribution >= 0.6 is 0 Å². The Labute approximate surface area is 127 Å². The van der Waals surface area contributed by atoms with Crippen molar-refractivity contribution in [2.45, 2.75) is 13.0 Å². The molecule has 0 fully saturated rings. The number of amides is 2. The number of rotatable bonds is 5.